The van der Waals surface area contributed by atoms with Crippen LogP contribution in [0.3, 0.4) is 0 Å². The van der Waals surface area contributed by atoms with E-state index in [0.717, 1.165) is 6.07 Å². The van der Waals surface area contributed by atoms with Gasteiger partial charge in [-0.25, -0.2) is 8.78 Å². The Kier molecular flexibility index (Phi) is 4.50. The highest BCUT2D eigenvalue weighted by Gasteiger charge is 2.45. The normalized spacial score (nSPS) is 15.3. The molecule has 102 valence electrons. The Bertz CT molecular complexity index is 407. The van der Waals surface area contributed by atoms with E-state index >= 15 is 0 Å². The predicted molar refractivity (Wildman–Crippen MR) is 55.1 cm³/mol. The molecule has 0 bridgehead atoms. The molecule has 0 aliphatic rings. The first-order valence-electron chi connectivity index (χ1n) is 5.19. The van der Waals surface area contributed by atoms with Gasteiger partial charge in [0.2, 0.25) is 6.10 Å². The summed E-state index contributed by atoms with van der Waals surface area (Å²) >= 11 is 0. The molecule has 0 radical (unpaired) electrons. The first kappa shape index (κ1) is 14.7. The fourth-order valence-corrected chi connectivity index (χ4v) is 1.32. The van der Waals surface area contributed by atoms with Crippen molar-refractivity contribution in [3.8, 4) is 5.75 Å². The largest absolute Gasteiger partial charge is 0.476 e. The Morgan fingerprint density at radius 3 is 2.39 bits per heavy atom. The van der Waals surface area contributed by atoms with Crippen LogP contribution in [-0.2, 0) is 0 Å². The molecule has 0 spiro atoms. The monoisotopic (exact) mass is 269 g/mol. The molecule has 0 aliphatic heterocycles. The molecule has 0 fully saturated rings. The fraction of sp³-hybridized carbons (Fsp3) is 0.455. The van der Waals surface area contributed by atoms with Gasteiger partial charge in [0.15, 0.2) is 11.6 Å². The molecule has 0 aromatic heterocycles. The van der Waals surface area contributed by atoms with E-state index in [1.807, 2.05) is 0 Å². The van der Waals surface area contributed by atoms with Gasteiger partial charge in [-0.05, 0) is 18.6 Å². The molecule has 2 nitrogen and oxygen atoms in total. The van der Waals surface area contributed by atoms with Crippen LogP contribution in [0.5, 0.6) is 5.75 Å². The average molecular weight is 269 g/mol. The summed E-state index contributed by atoms with van der Waals surface area (Å²) in [5, 5.41) is 0. The molecule has 2 N–H and O–H groups in total. The molecule has 0 aliphatic carbocycles. The van der Waals surface area contributed by atoms with Crippen molar-refractivity contribution in [3.05, 3.63) is 29.8 Å². The minimum atomic E-state index is -4.76. The number of ether oxygens (including phenoxy) is 1. The van der Waals surface area contributed by atoms with E-state index in [4.69, 9.17) is 5.73 Å². The van der Waals surface area contributed by atoms with Gasteiger partial charge in [-0.2, -0.15) is 13.2 Å². The van der Waals surface area contributed by atoms with E-state index < -0.39 is 35.7 Å². The fourth-order valence-electron chi connectivity index (χ4n) is 1.32. The third-order valence-corrected chi connectivity index (χ3v) is 2.33. The van der Waals surface area contributed by atoms with E-state index in [9.17, 15) is 22.0 Å². The molecule has 0 saturated heterocycles. The van der Waals surface area contributed by atoms with Crippen molar-refractivity contribution in [3.63, 3.8) is 0 Å². The molecular weight excluding hydrogens is 257 g/mol. The summed E-state index contributed by atoms with van der Waals surface area (Å²) in [5.74, 6) is -2.77. The van der Waals surface area contributed by atoms with Gasteiger partial charge in [0.25, 0.3) is 0 Å². The van der Waals surface area contributed by atoms with Crippen molar-refractivity contribution in [2.45, 2.75) is 31.7 Å². The van der Waals surface area contributed by atoms with Gasteiger partial charge >= 0.3 is 6.18 Å². The van der Waals surface area contributed by atoms with Crippen LogP contribution in [0.1, 0.15) is 13.3 Å². The third-order valence-electron chi connectivity index (χ3n) is 2.33. The standard InChI is InChI=1S/C11H12F5NO/c1-2-8(17)10(11(14,15)16)18-9-5-6(12)3-4-7(9)13/h3-5,8,10H,2,17H2,1H3. The predicted octanol–water partition coefficient (Wildman–Crippen LogP) is 3.01. The first-order chi connectivity index (χ1) is 8.25. The van der Waals surface area contributed by atoms with E-state index in [1.54, 1.807) is 0 Å². The van der Waals surface area contributed by atoms with Gasteiger partial charge in [-0.15, -0.1) is 0 Å². The van der Waals surface area contributed by atoms with Gasteiger partial charge in [-0.1, -0.05) is 6.92 Å². The van der Waals surface area contributed by atoms with E-state index in [-0.39, 0.29) is 6.42 Å². The van der Waals surface area contributed by atoms with E-state index in [2.05, 4.69) is 4.74 Å². The number of benzene rings is 1. The molecule has 2 unspecified atom stereocenters. The van der Waals surface area contributed by atoms with Gasteiger partial charge in [0.05, 0.1) is 6.04 Å². The van der Waals surface area contributed by atoms with Crippen LogP contribution in [0.4, 0.5) is 22.0 Å². The van der Waals surface area contributed by atoms with Gasteiger partial charge in [-0.3, -0.25) is 0 Å². The zero-order chi connectivity index (χ0) is 13.9. The van der Waals surface area contributed by atoms with E-state index in [1.165, 1.54) is 6.92 Å². The van der Waals surface area contributed by atoms with Gasteiger partial charge in [0, 0.05) is 6.07 Å². The number of rotatable bonds is 4. The summed E-state index contributed by atoms with van der Waals surface area (Å²) in [6, 6.07) is 0.670. The summed E-state index contributed by atoms with van der Waals surface area (Å²) < 4.78 is 68.4. The summed E-state index contributed by atoms with van der Waals surface area (Å²) in [4.78, 5) is 0. The van der Waals surface area contributed by atoms with Crippen LogP contribution in [0.2, 0.25) is 0 Å². The summed E-state index contributed by atoms with van der Waals surface area (Å²) in [6.07, 6.45) is -7.14. The zero-order valence-electron chi connectivity index (χ0n) is 9.47. The topological polar surface area (TPSA) is 35.2 Å². The number of hydrogen-bond donors (Lipinski definition) is 1. The molecule has 1 aromatic rings. The highest BCUT2D eigenvalue weighted by atomic mass is 19.4. The highest BCUT2D eigenvalue weighted by molar-refractivity contribution is 5.25. The minimum Gasteiger partial charge on any atom is -0.476 e. The minimum absolute atomic E-state index is 0.0128. The SMILES string of the molecule is CCC(N)C(Oc1cc(F)ccc1F)C(F)(F)F. The van der Waals surface area contributed by atoms with Crippen molar-refractivity contribution >= 4 is 0 Å². The molecule has 0 heterocycles. The second kappa shape index (κ2) is 5.51. The summed E-state index contributed by atoms with van der Waals surface area (Å²) in [6.45, 7) is 1.44. The van der Waals surface area contributed by atoms with Crippen molar-refractivity contribution in [1.82, 2.24) is 0 Å². The second-order valence-corrected chi connectivity index (χ2v) is 3.73. The van der Waals surface area contributed by atoms with Crippen LogP contribution in [0, 0.1) is 11.6 Å². The third kappa shape index (κ3) is 3.56. The number of nitrogens with two attached hydrogens (primary N) is 1. The maximum absolute atomic E-state index is 13.2. The quantitative estimate of drug-likeness (QED) is 0.853. The van der Waals surface area contributed by atoms with Crippen LogP contribution >= 0.6 is 0 Å². The molecular formula is C11H12F5NO. The highest BCUT2D eigenvalue weighted by Crippen LogP contribution is 2.29. The summed E-state index contributed by atoms with van der Waals surface area (Å²) in [7, 11) is 0. The summed E-state index contributed by atoms with van der Waals surface area (Å²) in [5.41, 5.74) is 5.28. The van der Waals surface area contributed by atoms with Crippen LogP contribution < -0.4 is 10.5 Å². The van der Waals surface area contributed by atoms with E-state index in [0.29, 0.717) is 12.1 Å². The number of hydrogen-bond acceptors (Lipinski definition) is 2. The molecule has 0 amide bonds. The Morgan fingerprint density at radius 1 is 1.28 bits per heavy atom. The lowest BCUT2D eigenvalue weighted by Crippen LogP contribution is -2.48. The number of alkyl halides is 3. The van der Waals surface area contributed by atoms with Gasteiger partial charge in [0.1, 0.15) is 5.82 Å². The van der Waals surface area contributed by atoms with Crippen molar-refractivity contribution in [1.29, 1.82) is 0 Å². The Morgan fingerprint density at radius 2 is 1.89 bits per heavy atom. The lowest BCUT2D eigenvalue weighted by Gasteiger charge is -2.26. The zero-order valence-corrected chi connectivity index (χ0v) is 9.47. The van der Waals surface area contributed by atoms with Crippen molar-refractivity contribution in [2.24, 2.45) is 5.73 Å². The second-order valence-electron chi connectivity index (χ2n) is 3.73. The average Bonchev–Trinajstić information content (AvgIpc) is 2.27. The van der Waals surface area contributed by atoms with Gasteiger partial charge < -0.3 is 10.5 Å². The lowest BCUT2D eigenvalue weighted by molar-refractivity contribution is -0.201. The molecule has 7 heteroatoms. The van der Waals surface area contributed by atoms with Crippen molar-refractivity contribution < 1.29 is 26.7 Å². The molecule has 18 heavy (non-hydrogen) atoms. The van der Waals surface area contributed by atoms with Crippen LogP contribution in [-0.4, -0.2) is 18.3 Å². The maximum Gasteiger partial charge on any atom is 0.426 e. The smallest absolute Gasteiger partial charge is 0.426 e. The first-order valence-corrected chi connectivity index (χ1v) is 5.19. The molecule has 2 atom stereocenters. The van der Waals surface area contributed by atoms with Crippen LogP contribution in [0.15, 0.2) is 18.2 Å². The number of halogens is 5. The van der Waals surface area contributed by atoms with Crippen LogP contribution in [0.25, 0.3) is 0 Å². The Labute approximate surface area is 101 Å². The lowest BCUT2D eigenvalue weighted by atomic mass is 10.1. The maximum atomic E-state index is 13.2. The molecule has 1 aromatic carbocycles. The Balaban J connectivity index is 3.00. The van der Waals surface area contributed by atoms with Crippen molar-refractivity contribution in [2.75, 3.05) is 0 Å². The molecule has 0 saturated carbocycles. The Hall–Kier alpha value is -1.37. The molecule has 1 rings (SSSR count).